The fourth-order valence-electron chi connectivity index (χ4n) is 4.41. The lowest BCUT2D eigenvalue weighted by Gasteiger charge is -2.19. The lowest BCUT2D eigenvalue weighted by atomic mass is 10.3. The van der Waals surface area contributed by atoms with Crippen LogP contribution < -0.4 is 32.0 Å². The van der Waals surface area contributed by atoms with Gasteiger partial charge in [0.25, 0.3) is 0 Å². The summed E-state index contributed by atoms with van der Waals surface area (Å²) in [4.78, 5) is 42.9. The van der Waals surface area contributed by atoms with Crippen LogP contribution in [-0.4, -0.2) is 98.5 Å². The van der Waals surface area contributed by atoms with Gasteiger partial charge in [0.15, 0.2) is 28.8 Å². The molecule has 5 heterocycles. The molecule has 5 rings (SSSR count). The van der Waals surface area contributed by atoms with E-state index in [9.17, 15) is 9.59 Å². The van der Waals surface area contributed by atoms with Gasteiger partial charge in [-0.05, 0) is 76.2 Å². The van der Waals surface area contributed by atoms with E-state index in [0.717, 1.165) is 0 Å². The summed E-state index contributed by atoms with van der Waals surface area (Å²) in [5.74, 6) is 9.98. The maximum absolute atomic E-state index is 12.0. The SMILES string of the molecule is C=C(COc1cccnc1C#N)OC(=O)N(CC)CC.C=C(COc1cccnc1C1=NNC(c2ccccn2)=NN1)OC(=O)N(CC)CC.N#Cc1ccccn1.NN.O. The molecule has 8 N–H and O–H groups in total. The van der Waals surface area contributed by atoms with Crippen LogP contribution in [0.2, 0.25) is 0 Å². The van der Waals surface area contributed by atoms with E-state index >= 15 is 0 Å². The number of rotatable bonds is 14. The monoisotopic (exact) mass is 838 g/mol. The second kappa shape index (κ2) is 29.3. The summed E-state index contributed by atoms with van der Waals surface area (Å²) in [6, 6.07) is 21.3. The molecule has 0 aromatic carbocycles. The third kappa shape index (κ3) is 17.6. The molecule has 2 amide bonds. The number of hydrazine groups is 1. The highest BCUT2D eigenvalue weighted by atomic mass is 16.6. The largest absolute Gasteiger partial charge is 0.483 e. The first-order valence-corrected chi connectivity index (χ1v) is 18.3. The Morgan fingerprint density at radius 2 is 1.15 bits per heavy atom. The number of pyridine rings is 4. The normalized spacial score (nSPS) is 10.4. The van der Waals surface area contributed by atoms with Gasteiger partial charge in [0.1, 0.15) is 54.0 Å². The van der Waals surface area contributed by atoms with Gasteiger partial charge in [-0.15, -0.1) is 0 Å². The Bertz CT molecular complexity index is 2120. The van der Waals surface area contributed by atoms with Crippen LogP contribution in [0.15, 0.2) is 120 Å². The van der Waals surface area contributed by atoms with Crippen molar-refractivity contribution in [3.05, 3.63) is 133 Å². The van der Waals surface area contributed by atoms with Crippen molar-refractivity contribution in [1.29, 1.82) is 10.5 Å². The zero-order chi connectivity index (χ0) is 44.1. The van der Waals surface area contributed by atoms with Crippen molar-refractivity contribution in [2.45, 2.75) is 27.7 Å². The van der Waals surface area contributed by atoms with E-state index in [1.807, 2.05) is 58.0 Å². The zero-order valence-corrected chi connectivity index (χ0v) is 34.3. The third-order valence-electron chi connectivity index (χ3n) is 7.39. The number of hydrogen-bond acceptors (Lipinski definition) is 18. The highest BCUT2D eigenvalue weighted by molar-refractivity contribution is 6.05. The standard InChI is InChI=1S/C20H23N7O3.C14H17N3O3.C6H4N2.H4N2.H2O/c1-4-27(5-2)20(28)30-14(3)13-29-16-10-8-12-22-17(16)19-25-23-18(24-26-19)15-9-6-7-11-21-15;1-4-17(5-2)14(18)20-11(3)10-19-13-7-6-8-16-12(13)9-15;7-5-6-3-1-2-4-8-6;1-2;/h6-12H,3-5,13H2,1-2H3,(H,23,24)(H,25,26);6-8H,3-5,10H2,1-2H3;1-4H;1-2H2;1H2. The topological polar surface area (TPSA) is 309 Å². The summed E-state index contributed by atoms with van der Waals surface area (Å²) in [5, 5.41) is 25.6. The lowest BCUT2D eigenvalue weighted by molar-refractivity contribution is 0.122. The summed E-state index contributed by atoms with van der Waals surface area (Å²) in [7, 11) is 0. The summed E-state index contributed by atoms with van der Waals surface area (Å²) >= 11 is 0. The summed E-state index contributed by atoms with van der Waals surface area (Å²) < 4.78 is 21.4. The quantitative estimate of drug-likeness (QED) is 0.0804. The van der Waals surface area contributed by atoms with Gasteiger partial charge < -0.3 is 34.2 Å². The highest BCUT2D eigenvalue weighted by Gasteiger charge is 2.19. The third-order valence-corrected chi connectivity index (χ3v) is 7.39. The van der Waals surface area contributed by atoms with Crippen molar-refractivity contribution in [1.82, 2.24) is 40.6 Å². The van der Waals surface area contributed by atoms with Crippen LogP contribution in [0.3, 0.4) is 0 Å². The number of hydrazone groups is 2. The fourth-order valence-corrected chi connectivity index (χ4v) is 4.41. The minimum absolute atomic E-state index is 0. The molecule has 0 saturated carbocycles. The van der Waals surface area contributed by atoms with Gasteiger partial charge in [-0.3, -0.25) is 27.5 Å². The summed E-state index contributed by atoms with van der Waals surface area (Å²) in [6.45, 7) is 17.0. The van der Waals surface area contributed by atoms with Crippen molar-refractivity contribution in [3.63, 3.8) is 0 Å². The molecule has 0 fully saturated rings. The van der Waals surface area contributed by atoms with Gasteiger partial charge in [-0.25, -0.2) is 24.5 Å². The van der Waals surface area contributed by atoms with Crippen LogP contribution >= 0.6 is 0 Å². The predicted molar refractivity (Wildman–Crippen MR) is 226 cm³/mol. The van der Waals surface area contributed by atoms with Crippen molar-refractivity contribution >= 4 is 23.9 Å². The number of amides is 2. The van der Waals surface area contributed by atoms with Crippen LogP contribution in [0.25, 0.3) is 0 Å². The first-order valence-electron chi connectivity index (χ1n) is 18.3. The van der Waals surface area contributed by atoms with E-state index < -0.39 is 12.2 Å². The molecule has 4 aromatic heterocycles. The Hall–Kier alpha value is -7.98. The second-order valence-electron chi connectivity index (χ2n) is 11.2. The van der Waals surface area contributed by atoms with Gasteiger partial charge in [0.2, 0.25) is 0 Å². The number of ether oxygens (including phenoxy) is 4. The predicted octanol–water partition coefficient (Wildman–Crippen LogP) is 3.34. The molecule has 0 atom stereocenters. The number of nitrogens with two attached hydrogens (primary N) is 2. The van der Waals surface area contributed by atoms with Crippen molar-refractivity contribution in [3.8, 4) is 23.6 Å². The number of carbonyl (C=O) groups is 2. The lowest BCUT2D eigenvalue weighted by Crippen LogP contribution is -2.35. The number of nitrogens with one attached hydrogen (secondary N) is 2. The number of carbonyl (C=O) groups excluding carboxylic acids is 2. The molecule has 21 heteroatoms. The number of amidine groups is 2. The molecule has 0 unspecified atom stereocenters. The van der Waals surface area contributed by atoms with Gasteiger partial charge in [0.05, 0.1) is 0 Å². The number of aromatic nitrogens is 4. The molecule has 21 nitrogen and oxygen atoms in total. The molecule has 61 heavy (non-hydrogen) atoms. The summed E-state index contributed by atoms with van der Waals surface area (Å²) in [5.41, 5.74) is 7.44. The molecule has 0 radical (unpaired) electrons. The smallest absolute Gasteiger partial charge is 0.414 e. The van der Waals surface area contributed by atoms with Crippen LogP contribution in [-0.2, 0) is 9.47 Å². The van der Waals surface area contributed by atoms with Crippen LogP contribution in [0.1, 0.15) is 50.5 Å². The minimum atomic E-state index is -0.463. The maximum atomic E-state index is 12.0. The molecule has 1 aliphatic heterocycles. The average Bonchev–Trinajstić information content (AvgIpc) is 3.30. The van der Waals surface area contributed by atoms with Crippen molar-refractivity contribution < 1.29 is 34.0 Å². The van der Waals surface area contributed by atoms with E-state index in [0.29, 0.717) is 66.4 Å². The first kappa shape index (κ1) is 51.0. The zero-order valence-electron chi connectivity index (χ0n) is 34.3. The number of nitriles is 2. The molecule has 322 valence electrons. The van der Waals surface area contributed by atoms with Crippen LogP contribution in [0, 0.1) is 22.7 Å². The second-order valence-corrected chi connectivity index (χ2v) is 11.2. The highest BCUT2D eigenvalue weighted by Crippen LogP contribution is 2.18. The van der Waals surface area contributed by atoms with Crippen LogP contribution in [0.4, 0.5) is 9.59 Å². The van der Waals surface area contributed by atoms with Crippen molar-refractivity contribution in [2.75, 3.05) is 39.4 Å². The molecule has 0 spiro atoms. The Balaban J connectivity index is 0.000000515. The van der Waals surface area contributed by atoms with Crippen LogP contribution in [0.5, 0.6) is 11.5 Å². The van der Waals surface area contributed by atoms with Gasteiger partial charge in [0, 0.05) is 51.0 Å². The van der Waals surface area contributed by atoms with Gasteiger partial charge in [-0.2, -0.15) is 20.7 Å². The Morgan fingerprint density at radius 3 is 1.61 bits per heavy atom. The molecule has 0 bridgehead atoms. The Morgan fingerprint density at radius 1 is 0.656 bits per heavy atom. The molecular formula is C40H50N14O7. The van der Waals surface area contributed by atoms with Gasteiger partial charge >= 0.3 is 12.2 Å². The minimum Gasteiger partial charge on any atom is -0.483 e. The fraction of sp³-hybridized carbons (Fsp3) is 0.250. The van der Waals surface area contributed by atoms with Crippen molar-refractivity contribution in [2.24, 2.45) is 21.9 Å². The Labute approximate surface area is 353 Å². The molecule has 1 aliphatic rings. The molecule has 4 aromatic rings. The molecule has 0 aliphatic carbocycles. The maximum Gasteiger partial charge on any atom is 0.414 e. The molecular weight excluding hydrogens is 789 g/mol. The number of nitrogens with zero attached hydrogens (tertiary/aromatic N) is 10. The van der Waals surface area contributed by atoms with E-state index in [2.05, 4.69) is 65.8 Å². The van der Waals surface area contributed by atoms with Gasteiger partial charge in [-0.1, -0.05) is 25.3 Å². The summed E-state index contributed by atoms with van der Waals surface area (Å²) in [6.07, 6.45) is 5.46. The molecule has 0 saturated heterocycles. The van der Waals surface area contributed by atoms with E-state index in [1.54, 1.807) is 66.0 Å². The number of hydrogen-bond donors (Lipinski definition) is 4. The first-order chi connectivity index (χ1) is 29.2. The van der Waals surface area contributed by atoms with E-state index in [-0.39, 0.29) is 35.9 Å². The van der Waals surface area contributed by atoms with E-state index in [4.69, 9.17) is 29.5 Å². The van der Waals surface area contributed by atoms with E-state index in [1.165, 1.54) is 11.1 Å². The Kier molecular flexibility index (Phi) is 24.5. The average molecular weight is 839 g/mol.